The van der Waals surface area contributed by atoms with Gasteiger partial charge in [-0.15, -0.1) is 11.3 Å². The van der Waals surface area contributed by atoms with Crippen LogP contribution in [0.2, 0.25) is 0 Å². The lowest BCUT2D eigenvalue weighted by Gasteiger charge is -2.23. The zero-order valence-corrected chi connectivity index (χ0v) is 14.3. The van der Waals surface area contributed by atoms with Crippen LogP contribution in [0.25, 0.3) is 0 Å². The summed E-state index contributed by atoms with van der Waals surface area (Å²) in [6.45, 7) is 5.42. The minimum absolute atomic E-state index is 0.217. The van der Waals surface area contributed by atoms with Crippen molar-refractivity contribution in [3.05, 3.63) is 34.0 Å². The molecule has 4 rings (SSSR count). The number of amides is 1. The first kappa shape index (κ1) is 15.4. The Hall–Kier alpha value is -1.17. The molecule has 1 aromatic heterocycles. The Bertz CT molecular complexity index is 584. The first-order chi connectivity index (χ1) is 11.3. The maximum absolute atomic E-state index is 12.6. The topological polar surface area (TPSA) is 32.8 Å². The van der Waals surface area contributed by atoms with Crippen molar-refractivity contribution in [1.82, 2.24) is 9.80 Å². The number of thiophene rings is 1. The van der Waals surface area contributed by atoms with Gasteiger partial charge in [-0.05, 0) is 30.7 Å². The molecule has 1 aromatic rings. The Kier molecular flexibility index (Phi) is 4.51. The summed E-state index contributed by atoms with van der Waals surface area (Å²) in [6, 6.07) is 4.31. The quantitative estimate of drug-likeness (QED) is 0.853. The van der Waals surface area contributed by atoms with E-state index in [4.69, 9.17) is 4.74 Å². The molecule has 3 aliphatic rings. The van der Waals surface area contributed by atoms with E-state index in [0.717, 1.165) is 64.2 Å². The SMILES string of the molecule is O=C(C1=CCCC1)N1C[C@H]2CN(Cc3cccs3)CCO[C@H]2C1. The fourth-order valence-corrected chi connectivity index (χ4v) is 4.71. The summed E-state index contributed by atoms with van der Waals surface area (Å²) in [5.74, 6) is 0.701. The summed E-state index contributed by atoms with van der Waals surface area (Å²) in [7, 11) is 0. The highest BCUT2D eigenvalue weighted by Gasteiger charge is 2.39. The van der Waals surface area contributed by atoms with Gasteiger partial charge in [0, 0.05) is 49.1 Å². The predicted octanol–water partition coefficient (Wildman–Crippen LogP) is 2.52. The van der Waals surface area contributed by atoms with E-state index in [1.54, 1.807) is 0 Å². The van der Waals surface area contributed by atoms with Crippen LogP contribution in [0, 0.1) is 5.92 Å². The highest BCUT2D eigenvalue weighted by molar-refractivity contribution is 7.09. The monoisotopic (exact) mass is 332 g/mol. The number of fused-ring (bicyclic) bond motifs is 1. The van der Waals surface area contributed by atoms with Gasteiger partial charge in [-0.3, -0.25) is 9.69 Å². The van der Waals surface area contributed by atoms with E-state index in [9.17, 15) is 4.79 Å². The van der Waals surface area contributed by atoms with Gasteiger partial charge < -0.3 is 9.64 Å². The zero-order valence-electron chi connectivity index (χ0n) is 13.4. The first-order valence-electron chi connectivity index (χ1n) is 8.64. The Balaban J connectivity index is 1.39. The van der Waals surface area contributed by atoms with E-state index in [0.29, 0.717) is 5.92 Å². The minimum Gasteiger partial charge on any atom is -0.375 e. The van der Waals surface area contributed by atoms with Crippen LogP contribution in [0.1, 0.15) is 24.1 Å². The molecule has 1 amide bonds. The number of rotatable bonds is 3. The zero-order chi connectivity index (χ0) is 15.6. The van der Waals surface area contributed by atoms with Gasteiger partial charge in [0.15, 0.2) is 0 Å². The molecular weight excluding hydrogens is 308 g/mol. The molecule has 0 aromatic carbocycles. The fraction of sp³-hybridized carbons (Fsp3) is 0.611. The van der Waals surface area contributed by atoms with E-state index < -0.39 is 0 Å². The van der Waals surface area contributed by atoms with Gasteiger partial charge in [-0.25, -0.2) is 0 Å². The van der Waals surface area contributed by atoms with Crippen molar-refractivity contribution in [3.8, 4) is 0 Å². The first-order valence-corrected chi connectivity index (χ1v) is 9.52. The number of carbonyl (C=O) groups is 1. The third-order valence-corrected chi connectivity index (χ3v) is 6.04. The summed E-state index contributed by atoms with van der Waals surface area (Å²) in [5, 5.41) is 2.14. The normalized spacial score (nSPS) is 28.5. The predicted molar refractivity (Wildman–Crippen MR) is 91.3 cm³/mol. The van der Waals surface area contributed by atoms with Crippen LogP contribution in [0.5, 0.6) is 0 Å². The third-order valence-electron chi connectivity index (χ3n) is 5.18. The van der Waals surface area contributed by atoms with Crippen molar-refractivity contribution in [1.29, 1.82) is 0 Å². The molecule has 1 aliphatic carbocycles. The lowest BCUT2D eigenvalue weighted by Crippen LogP contribution is -2.34. The summed E-state index contributed by atoms with van der Waals surface area (Å²) < 4.78 is 6.07. The molecule has 3 heterocycles. The van der Waals surface area contributed by atoms with Crippen molar-refractivity contribution in [2.45, 2.75) is 31.9 Å². The second kappa shape index (κ2) is 6.75. The van der Waals surface area contributed by atoms with Crippen LogP contribution in [0.4, 0.5) is 0 Å². The molecule has 5 heteroatoms. The summed E-state index contributed by atoms with van der Waals surface area (Å²) >= 11 is 1.82. The molecular formula is C18H24N2O2S. The molecule has 4 nitrogen and oxygen atoms in total. The molecule has 2 atom stereocenters. The molecule has 0 spiro atoms. The van der Waals surface area contributed by atoms with Crippen LogP contribution in [-0.2, 0) is 16.1 Å². The summed E-state index contributed by atoms with van der Waals surface area (Å²) in [5.41, 5.74) is 1.02. The molecule has 0 saturated carbocycles. The van der Waals surface area contributed by atoms with Gasteiger partial charge in [-0.1, -0.05) is 12.1 Å². The lowest BCUT2D eigenvalue weighted by atomic mass is 10.1. The van der Waals surface area contributed by atoms with Gasteiger partial charge in [0.25, 0.3) is 0 Å². The van der Waals surface area contributed by atoms with Crippen molar-refractivity contribution < 1.29 is 9.53 Å². The Labute approximate surface area is 141 Å². The standard InChI is InChI=1S/C18H24N2O2S/c21-18(14-4-1-2-5-14)20-11-15-10-19(7-8-22-17(15)13-20)12-16-6-3-9-23-16/h3-4,6,9,15,17H,1-2,5,7-8,10-13H2/t15-,17+/m1/s1. The molecule has 2 aliphatic heterocycles. The second-order valence-corrected chi connectivity index (χ2v) is 7.85. The maximum Gasteiger partial charge on any atom is 0.249 e. The number of nitrogens with zero attached hydrogens (tertiary/aromatic N) is 2. The van der Waals surface area contributed by atoms with E-state index in [1.165, 1.54) is 4.88 Å². The number of allylic oxidation sites excluding steroid dienone is 1. The van der Waals surface area contributed by atoms with Gasteiger partial charge in [0.1, 0.15) is 0 Å². The molecule has 2 saturated heterocycles. The van der Waals surface area contributed by atoms with Crippen LogP contribution in [0.3, 0.4) is 0 Å². The average Bonchev–Trinajstić information content (AvgIpc) is 3.28. The number of hydrogen-bond acceptors (Lipinski definition) is 4. The van der Waals surface area contributed by atoms with Crippen LogP contribution < -0.4 is 0 Å². The molecule has 0 bridgehead atoms. The van der Waals surface area contributed by atoms with Gasteiger partial charge in [-0.2, -0.15) is 0 Å². The minimum atomic E-state index is 0.217. The van der Waals surface area contributed by atoms with E-state index in [2.05, 4.69) is 28.5 Å². The van der Waals surface area contributed by atoms with Crippen molar-refractivity contribution in [3.63, 3.8) is 0 Å². The maximum atomic E-state index is 12.6. The summed E-state index contributed by atoms with van der Waals surface area (Å²) in [6.07, 6.45) is 5.49. The molecule has 2 fully saturated rings. The van der Waals surface area contributed by atoms with E-state index >= 15 is 0 Å². The number of ether oxygens (including phenoxy) is 1. The van der Waals surface area contributed by atoms with Crippen molar-refractivity contribution in [2.75, 3.05) is 32.8 Å². The lowest BCUT2D eigenvalue weighted by molar-refractivity contribution is -0.126. The fourth-order valence-electron chi connectivity index (χ4n) is 3.96. The van der Waals surface area contributed by atoms with Crippen LogP contribution in [-0.4, -0.2) is 54.6 Å². The Morgan fingerprint density at radius 2 is 2.30 bits per heavy atom. The van der Waals surface area contributed by atoms with E-state index in [1.807, 2.05) is 16.2 Å². The Morgan fingerprint density at radius 1 is 1.35 bits per heavy atom. The highest BCUT2D eigenvalue weighted by atomic mass is 32.1. The highest BCUT2D eigenvalue weighted by Crippen LogP contribution is 2.28. The van der Waals surface area contributed by atoms with E-state index in [-0.39, 0.29) is 12.0 Å². The second-order valence-electron chi connectivity index (χ2n) is 6.82. The average molecular weight is 332 g/mol. The van der Waals surface area contributed by atoms with Gasteiger partial charge in [0.2, 0.25) is 5.91 Å². The number of carbonyl (C=O) groups excluding carboxylic acids is 1. The largest absolute Gasteiger partial charge is 0.375 e. The molecule has 23 heavy (non-hydrogen) atoms. The molecule has 0 radical (unpaired) electrons. The smallest absolute Gasteiger partial charge is 0.249 e. The number of hydrogen-bond donors (Lipinski definition) is 0. The van der Waals surface area contributed by atoms with Crippen LogP contribution in [0.15, 0.2) is 29.2 Å². The Morgan fingerprint density at radius 3 is 3.09 bits per heavy atom. The molecule has 0 N–H and O–H groups in total. The van der Waals surface area contributed by atoms with Gasteiger partial charge >= 0.3 is 0 Å². The number of likely N-dealkylation sites (tertiary alicyclic amines) is 1. The molecule has 0 unspecified atom stereocenters. The van der Waals surface area contributed by atoms with Gasteiger partial charge in [0.05, 0.1) is 12.7 Å². The summed E-state index contributed by atoms with van der Waals surface area (Å²) in [4.78, 5) is 18.5. The van der Waals surface area contributed by atoms with Crippen molar-refractivity contribution in [2.24, 2.45) is 5.92 Å². The van der Waals surface area contributed by atoms with Crippen molar-refractivity contribution >= 4 is 17.2 Å². The molecule has 124 valence electrons. The van der Waals surface area contributed by atoms with Crippen LogP contribution >= 0.6 is 11.3 Å². The third kappa shape index (κ3) is 3.37.